The van der Waals surface area contributed by atoms with Gasteiger partial charge in [0.05, 0.1) is 5.03 Å². The third-order valence-electron chi connectivity index (χ3n) is 1.08. The molecule has 0 unspecified atom stereocenters. The molecule has 0 aromatic rings. The normalized spacial score (nSPS) is 10.5. The van der Waals surface area contributed by atoms with Crippen molar-refractivity contribution in [2.24, 2.45) is 4.99 Å². The average Bonchev–Trinajstić information content (AvgIpc) is 2.30. The Labute approximate surface area is 94.4 Å². The van der Waals surface area contributed by atoms with E-state index >= 15 is 0 Å². The Kier molecular flexibility index (Phi) is 25.0. The Morgan fingerprint density at radius 1 is 1.21 bits per heavy atom. The molecule has 0 rings (SSSR count). The molecule has 0 heterocycles. The molecule has 0 aromatic heterocycles. The molecule has 0 spiro atoms. The number of nitrogens with zero attached hydrogens (tertiary/aromatic N) is 1. The third-order valence-corrected chi connectivity index (χ3v) is 1.90. The molecular weight excluding hydrogens is 190 g/mol. The van der Waals surface area contributed by atoms with Crippen LogP contribution in [0.3, 0.4) is 0 Å². The van der Waals surface area contributed by atoms with Gasteiger partial charge in [-0.2, -0.15) is 0 Å². The highest BCUT2D eigenvalue weighted by Gasteiger charge is 1.92. The average molecular weight is 215 g/mol. The van der Waals surface area contributed by atoms with Crippen LogP contribution in [0.2, 0.25) is 0 Å². The standard InChI is InChI=1S/C8H13NS.2C2H6/c1-5-7(3)8(10-4)9-6-2;2*1-2/h5-6H,1H2,2-4H3;2*1-2H3/b8-7+,9-6-;;. The summed E-state index contributed by atoms with van der Waals surface area (Å²) in [6, 6.07) is 0. The lowest BCUT2D eigenvalue weighted by Gasteiger charge is -1.97. The van der Waals surface area contributed by atoms with Crippen molar-refractivity contribution in [3.05, 3.63) is 23.3 Å². The highest BCUT2D eigenvalue weighted by molar-refractivity contribution is 8.02. The molecule has 14 heavy (non-hydrogen) atoms. The Bertz CT molecular complexity index is 169. The zero-order valence-corrected chi connectivity index (χ0v) is 11.5. The van der Waals surface area contributed by atoms with Crippen LogP contribution in [0.5, 0.6) is 0 Å². The first-order valence-electron chi connectivity index (χ1n) is 5.12. The number of hydrogen-bond donors (Lipinski definition) is 0. The first-order valence-corrected chi connectivity index (χ1v) is 6.34. The van der Waals surface area contributed by atoms with E-state index in [1.807, 2.05) is 53.9 Å². The molecule has 0 aliphatic rings. The minimum Gasteiger partial charge on any atom is -0.254 e. The molecule has 0 amide bonds. The van der Waals surface area contributed by atoms with Gasteiger partial charge in [-0.25, -0.2) is 0 Å². The summed E-state index contributed by atoms with van der Waals surface area (Å²) in [5, 5.41) is 1.04. The monoisotopic (exact) mass is 215 g/mol. The van der Waals surface area contributed by atoms with Crippen LogP contribution >= 0.6 is 11.8 Å². The number of allylic oxidation sites excluding steroid dienone is 2. The summed E-state index contributed by atoms with van der Waals surface area (Å²) in [7, 11) is 0. The minimum atomic E-state index is 1.04. The van der Waals surface area contributed by atoms with Gasteiger partial charge in [0.15, 0.2) is 0 Å². The molecule has 0 aliphatic carbocycles. The summed E-state index contributed by atoms with van der Waals surface area (Å²) in [6.07, 6.45) is 5.62. The lowest BCUT2D eigenvalue weighted by atomic mass is 10.3. The van der Waals surface area contributed by atoms with Crippen LogP contribution in [0.4, 0.5) is 0 Å². The van der Waals surface area contributed by atoms with E-state index in [2.05, 4.69) is 11.6 Å². The zero-order valence-electron chi connectivity index (χ0n) is 10.7. The molecule has 0 saturated carbocycles. The van der Waals surface area contributed by atoms with Crippen LogP contribution in [-0.2, 0) is 0 Å². The number of rotatable bonds is 3. The van der Waals surface area contributed by atoms with Crippen molar-refractivity contribution in [2.45, 2.75) is 41.5 Å². The largest absolute Gasteiger partial charge is 0.254 e. The van der Waals surface area contributed by atoms with Crippen molar-refractivity contribution in [3.63, 3.8) is 0 Å². The van der Waals surface area contributed by atoms with Crippen molar-refractivity contribution in [1.82, 2.24) is 0 Å². The first-order chi connectivity index (χ1) is 6.76. The lowest BCUT2D eigenvalue weighted by molar-refractivity contribution is 1.40. The van der Waals surface area contributed by atoms with Gasteiger partial charge >= 0.3 is 0 Å². The topological polar surface area (TPSA) is 12.4 Å². The van der Waals surface area contributed by atoms with E-state index in [0.717, 1.165) is 10.6 Å². The molecular formula is C12H25NS. The molecule has 0 radical (unpaired) electrons. The molecule has 0 atom stereocenters. The summed E-state index contributed by atoms with van der Waals surface area (Å²) in [6.45, 7) is 15.6. The predicted molar refractivity (Wildman–Crippen MR) is 73.3 cm³/mol. The highest BCUT2D eigenvalue weighted by atomic mass is 32.2. The number of aliphatic imine (C=N–C) groups is 1. The van der Waals surface area contributed by atoms with Crippen LogP contribution < -0.4 is 0 Å². The minimum absolute atomic E-state index is 1.04. The fourth-order valence-electron chi connectivity index (χ4n) is 0.520. The van der Waals surface area contributed by atoms with Gasteiger partial charge in [0, 0.05) is 6.21 Å². The van der Waals surface area contributed by atoms with E-state index < -0.39 is 0 Å². The van der Waals surface area contributed by atoms with Crippen LogP contribution in [0, 0.1) is 0 Å². The Morgan fingerprint density at radius 2 is 1.64 bits per heavy atom. The summed E-state index contributed by atoms with van der Waals surface area (Å²) in [5.74, 6) is 0. The third kappa shape index (κ3) is 11.5. The predicted octanol–water partition coefficient (Wildman–Crippen LogP) is 4.91. The fraction of sp³-hybridized carbons (Fsp3) is 0.583. The van der Waals surface area contributed by atoms with Crippen molar-refractivity contribution in [2.75, 3.05) is 6.26 Å². The number of hydrogen-bond acceptors (Lipinski definition) is 2. The van der Waals surface area contributed by atoms with Crippen LogP contribution in [0.15, 0.2) is 28.2 Å². The van der Waals surface area contributed by atoms with E-state index in [1.165, 1.54) is 0 Å². The molecule has 2 heteroatoms. The van der Waals surface area contributed by atoms with Crippen molar-refractivity contribution in [1.29, 1.82) is 0 Å². The highest BCUT2D eigenvalue weighted by Crippen LogP contribution is 2.17. The van der Waals surface area contributed by atoms with E-state index in [-0.39, 0.29) is 0 Å². The molecule has 0 N–H and O–H groups in total. The molecule has 0 aliphatic heterocycles. The number of thioether (sulfide) groups is 1. The van der Waals surface area contributed by atoms with Gasteiger partial charge in [-0.3, -0.25) is 4.99 Å². The van der Waals surface area contributed by atoms with Gasteiger partial charge < -0.3 is 0 Å². The lowest BCUT2D eigenvalue weighted by Crippen LogP contribution is -1.76. The van der Waals surface area contributed by atoms with E-state index in [4.69, 9.17) is 0 Å². The van der Waals surface area contributed by atoms with E-state index in [0.29, 0.717) is 0 Å². The molecule has 0 bridgehead atoms. The molecule has 0 saturated heterocycles. The maximum Gasteiger partial charge on any atom is 0.0982 e. The Balaban J connectivity index is -0.000000266. The quantitative estimate of drug-likeness (QED) is 0.481. The van der Waals surface area contributed by atoms with E-state index in [1.54, 1.807) is 18.0 Å². The van der Waals surface area contributed by atoms with Crippen molar-refractivity contribution < 1.29 is 0 Å². The molecule has 0 aromatic carbocycles. The van der Waals surface area contributed by atoms with Gasteiger partial charge in [0.25, 0.3) is 0 Å². The van der Waals surface area contributed by atoms with E-state index in [9.17, 15) is 0 Å². The fourth-order valence-corrected chi connectivity index (χ4v) is 1.14. The molecule has 84 valence electrons. The summed E-state index contributed by atoms with van der Waals surface area (Å²) >= 11 is 1.64. The van der Waals surface area contributed by atoms with Crippen LogP contribution in [0.25, 0.3) is 0 Å². The second-order valence-corrected chi connectivity index (χ2v) is 2.58. The van der Waals surface area contributed by atoms with Gasteiger partial charge in [-0.1, -0.05) is 40.3 Å². The summed E-state index contributed by atoms with van der Waals surface area (Å²) < 4.78 is 0. The van der Waals surface area contributed by atoms with Gasteiger partial charge in [-0.15, -0.1) is 11.8 Å². The Morgan fingerprint density at radius 3 is 1.86 bits per heavy atom. The van der Waals surface area contributed by atoms with Crippen molar-refractivity contribution >= 4 is 18.0 Å². The summed E-state index contributed by atoms with van der Waals surface area (Å²) in [5.41, 5.74) is 1.13. The maximum atomic E-state index is 4.16. The second kappa shape index (κ2) is 18.3. The van der Waals surface area contributed by atoms with Gasteiger partial charge in [0.1, 0.15) is 0 Å². The maximum absolute atomic E-state index is 4.16. The summed E-state index contributed by atoms with van der Waals surface area (Å²) in [4.78, 5) is 4.16. The molecule has 1 nitrogen and oxygen atoms in total. The van der Waals surface area contributed by atoms with Crippen LogP contribution in [0.1, 0.15) is 41.5 Å². The smallest absolute Gasteiger partial charge is 0.0982 e. The Hall–Kier alpha value is -0.500. The SMILES string of the molecule is C=C/C(C)=C(\N=C/C)SC.CC.CC. The van der Waals surface area contributed by atoms with Crippen LogP contribution in [-0.4, -0.2) is 12.5 Å². The zero-order chi connectivity index (χ0) is 12.0. The second-order valence-electron chi connectivity index (χ2n) is 1.78. The van der Waals surface area contributed by atoms with Gasteiger partial charge in [-0.05, 0) is 25.7 Å². The van der Waals surface area contributed by atoms with Gasteiger partial charge in [0.2, 0.25) is 0 Å². The first kappa shape index (κ1) is 19.1. The van der Waals surface area contributed by atoms with Crippen molar-refractivity contribution in [3.8, 4) is 0 Å². The molecule has 0 fully saturated rings.